The third kappa shape index (κ3) is 3.10. The summed E-state index contributed by atoms with van der Waals surface area (Å²) in [5.74, 6) is 0. The van der Waals surface area contributed by atoms with E-state index in [1.54, 1.807) is 13.0 Å². The summed E-state index contributed by atoms with van der Waals surface area (Å²) in [4.78, 5) is 3.53. The van der Waals surface area contributed by atoms with Crippen LogP contribution in [0.4, 0.5) is 18.9 Å². The molecule has 1 aromatic rings. The Bertz CT molecular complexity index is 379. The van der Waals surface area contributed by atoms with E-state index in [0.29, 0.717) is 21.5 Å². The van der Waals surface area contributed by atoms with Gasteiger partial charge in [-0.25, -0.2) is 4.98 Å². The molecular formula is C10H10F3IN2. The Morgan fingerprint density at radius 1 is 1.56 bits per heavy atom. The molecule has 0 amide bonds. The summed E-state index contributed by atoms with van der Waals surface area (Å²) in [6.45, 7) is 5.56. The van der Waals surface area contributed by atoms with Crippen LogP contribution in [0.1, 0.15) is 11.4 Å². The van der Waals surface area contributed by atoms with Crippen molar-refractivity contribution in [1.82, 2.24) is 4.98 Å². The zero-order chi connectivity index (χ0) is 12.3. The lowest BCUT2D eigenvalue weighted by molar-refractivity contribution is -0.141. The lowest BCUT2D eigenvalue weighted by Gasteiger charge is -2.13. The van der Waals surface area contributed by atoms with Gasteiger partial charge in [-0.15, -0.1) is 6.58 Å². The lowest BCUT2D eigenvalue weighted by Crippen LogP contribution is -2.12. The first-order chi connectivity index (χ1) is 7.36. The molecule has 0 unspecified atom stereocenters. The van der Waals surface area contributed by atoms with Gasteiger partial charge in [0.05, 0.1) is 11.4 Å². The third-order valence-corrected chi connectivity index (χ3v) is 2.72. The molecule has 0 bridgehead atoms. The molecule has 1 N–H and O–H groups in total. The summed E-state index contributed by atoms with van der Waals surface area (Å²) in [6.07, 6.45) is -2.77. The molecule has 0 spiro atoms. The van der Waals surface area contributed by atoms with Gasteiger partial charge in [0.1, 0.15) is 5.69 Å². The van der Waals surface area contributed by atoms with Crippen LogP contribution < -0.4 is 5.32 Å². The minimum atomic E-state index is -4.40. The van der Waals surface area contributed by atoms with Crippen LogP contribution >= 0.6 is 22.6 Å². The van der Waals surface area contributed by atoms with Crippen LogP contribution in [0.15, 0.2) is 18.7 Å². The molecule has 0 atom stereocenters. The van der Waals surface area contributed by atoms with Gasteiger partial charge in [-0.2, -0.15) is 13.2 Å². The molecule has 0 radical (unpaired) electrons. The third-order valence-electron chi connectivity index (χ3n) is 1.87. The van der Waals surface area contributed by atoms with Gasteiger partial charge in [0.2, 0.25) is 0 Å². The fraction of sp³-hybridized carbons (Fsp3) is 0.300. The van der Waals surface area contributed by atoms with Crippen molar-refractivity contribution in [2.24, 2.45) is 0 Å². The molecule has 2 nitrogen and oxygen atoms in total. The highest BCUT2D eigenvalue weighted by atomic mass is 127. The summed E-state index contributed by atoms with van der Waals surface area (Å²) >= 11 is 1.85. The van der Waals surface area contributed by atoms with Gasteiger partial charge < -0.3 is 5.32 Å². The number of hydrogen-bond acceptors (Lipinski definition) is 2. The molecule has 0 aliphatic rings. The van der Waals surface area contributed by atoms with Crippen molar-refractivity contribution >= 4 is 28.3 Å². The number of nitrogens with one attached hydrogen (secondary N) is 1. The zero-order valence-corrected chi connectivity index (χ0v) is 10.7. The molecule has 16 heavy (non-hydrogen) atoms. The zero-order valence-electron chi connectivity index (χ0n) is 8.53. The topological polar surface area (TPSA) is 24.9 Å². The quantitative estimate of drug-likeness (QED) is 0.671. The van der Waals surface area contributed by atoms with Crippen LogP contribution in [-0.2, 0) is 6.18 Å². The van der Waals surface area contributed by atoms with E-state index in [1.165, 1.54) is 0 Å². The van der Waals surface area contributed by atoms with E-state index in [9.17, 15) is 13.2 Å². The number of hydrogen-bond donors (Lipinski definition) is 1. The minimum Gasteiger partial charge on any atom is -0.379 e. The first-order valence-electron chi connectivity index (χ1n) is 4.45. The minimum absolute atomic E-state index is 0.334. The smallest absolute Gasteiger partial charge is 0.379 e. The highest BCUT2D eigenvalue weighted by Gasteiger charge is 2.33. The number of anilines is 1. The van der Waals surface area contributed by atoms with Crippen molar-refractivity contribution in [3.63, 3.8) is 0 Å². The second kappa shape index (κ2) is 5.03. The van der Waals surface area contributed by atoms with E-state index < -0.39 is 11.9 Å². The Balaban J connectivity index is 3.12. The number of pyridine rings is 1. The van der Waals surface area contributed by atoms with E-state index in [4.69, 9.17) is 0 Å². The molecule has 0 aliphatic heterocycles. The Hall–Kier alpha value is -0.790. The van der Waals surface area contributed by atoms with Gasteiger partial charge in [0.15, 0.2) is 0 Å². The summed E-state index contributed by atoms with van der Waals surface area (Å²) in [6, 6.07) is 1.03. The van der Waals surface area contributed by atoms with Gasteiger partial charge in [-0.1, -0.05) is 6.08 Å². The van der Waals surface area contributed by atoms with Crippen molar-refractivity contribution in [3.05, 3.63) is 33.7 Å². The molecular weight excluding hydrogens is 332 g/mol. The second-order valence-corrected chi connectivity index (χ2v) is 4.28. The first-order valence-corrected chi connectivity index (χ1v) is 5.53. The van der Waals surface area contributed by atoms with E-state index in [0.717, 1.165) is 6.07 Å². The largest absolute Gasteiger partial charge is 0.433 e. The predicted octanol–water partition coefficient (Wildman–Crippen LogP) is 3.61. The number of aromatic nitrogens is 1. The normalized spacial score (nSPS) is 11.3. The fourth-order valence-corrected chi connectivity index (χ4v) is 2.04. The predicted molar refractivity (Wildman–Crippen MR) is 65.4 cm³/mol. The van der Waals surface area contributed by atoms with E-state index in [-0.39, 0.29) is 0 Å². The van der Waals surface area contributed by atoms with Gasteiger partial charge in [0.25, 0.3) is 0 Å². The average Bonchev–Trinajstić information content (AvgIpc) is 2.15. The summed E-state index contributed by atoms with van der Waals surface area (Å²) in [7, 11) is 0. The number of halogens is 4. The Morgan fingerprint density at radius 2 is 2.19 bits per heavy atom. The van der Waals surface area contributed by atoms with Crippen LogP contribution in [0.5, 0.6) is 0 Å². The Kier molecular flexibility index (Phi) is 4.17. The average molecular weight is 342 g/mol. The van der Waals surface area contributed by atoms with Crippen LogP contribution in [0.3, 0.4) is 0 Å². The number of nitrogens with zero attached hydrogens (tertiary/aromatic N) is 1. The van der Waals surface area contributed by atoms with Gasteiger partial charge in [-0.3, -0.25) is 0 Å². The lowest BCUT2D eigenvalue weighted by atomic mass is 10.2. The maximum Gasteiger partial charge on any atom is 0.433 e. The first kappa shape index (κ1) is 13.3. The molecule has 0 fully saturated rings. The highest BCUT2D eigenvalue weighted by molar-refractivity contribution is 14.1. The van der Waals surface area contributed by atoms with Gasteiger partial charge in [-0.05, 0) is 35.6 Å². The van der Waals surface area contributed by atoms with Crippen molar-refractivity contribution in [2.45, 2.75) is 13.1 Å². The van der Waals surface area contributed by atoms with Gasteiger partial charge in [0, 0.05) is 10.1 Å². The molecule has 1 rings (SSSR count). The summed E-state index contributed by atoms with van der Waals surface area (Å²) < 4.78 is 37.8. The standard InChI is InChI=1S/C10H10F3IN2/c1-3-4-15-9-6(2)16-8(5-7(9)14)10(11,12)13/h3,5,15H,1,4H2,2H3. The monoisotopic (exact) mass is 342 g/mol. The van der Waals surface area contributed by atoms with Crippen LogP contribution in [0, 0.1) is 10.5 Å². The number of rotatable bonds is 3. The summed E-state index contributed by atoms with van der Waals surface area (Å²) in [5.41, 5.74) is 0.0909. The molecule has 88 valence electrons. The number of aryl methyl sites for hydroxylation is 1. The van der Waals surface area contributed by atoms with Crippen LogP contribution in [0.25, 0.3) is 0 Å². The molecule has 0 aromatic carbocycles. The molecule has 6 heteroatoms. The molecule has 1 aromatic heterocycles. The Labute approximate surface area is 105 Å². The Morgan fingerprint density at radius 3 is 2.62 bits per heavy atom. The van der Waals surface area contributed by atoms with Crippen molar-refractivity contribution in [1.29, 1.82) is 0 Å². The second-order valence-electron chi connectivity index (χ2n) is 3.12. The number of alkyl halides is 3. The van der Waals surface area contributed by atoms with Crippen LogP contribution in [0.2, 0.25) is 0 Å². The fourth-order valence-electron chi connectivity index (χ4n) is 1.17. The van der Waals surface area contributed by atoms with E-state index in [2.05, 4.69) is 16.9 Å². The maximum atomic E-state index is 12.4. The van der Waals surface area contributed by atoms with Gasteiger partial charge >= 0.3 is 6.18 Å². The molecule has 0 saturated heterocycles. The maximum absolute atomic E-state index is 12.4. The highest BCUT2D eigenvalue weighted by Crippen LogP contribution is 2.32. The van der Waals surface area contributed by atoms with Crippen molar-refractivity contribution in [3.8, 4) is 0 Å². The molecule has 0 saturated carbocycles. The van der Waals surface area contributed by atoms with Crippen LogP contribution in [-0.4, -0.2) is 11.5 Å². The van der Waals surface area contributed by atoms with E-state index >= 15 is 0 Å². The van der Waals surface area contributed by atoms with E-state index in [1.807, 2.05) is 22.6 Å². The van der Waals surface area contributed by atoms with Crippen molar-refractivity contribution in [2.75, 3.05) is 11.9 Å². The van der Waals surface area contributed by atoms with Crippen molar-refractivity contribution < 1.29 is 13.2 Å². The molecule has 1 heterocycles. The summed E-state index contributed by atoms with van der Waals surface area (Å²) in [5, 5.41) is 2.95. The molecule has 0 aliphatic carbocycles. The SMILES string of the molecule is C=CCNc1c(I)cc(C(F)(F)F)nc1C.